The van der Waals surface area contributed by atoms with Crippen molar-refractivity contribution < 1.29 is 14.6 Å². The van der Waals surface area contributed by atoms with Crippen LogP contribution in [0.4, 0.5) is 0 Å². The molecule has 0 saturated heterocycles. The van der Waals surface area contributed by atoms with E-state index in [-0.39, 0.29) is 6.42 Å². The molecule has 100 valence electrons. The van der Waals surface area contributed by atoms with Crippen LogP contribution in [0.15, 0.2) is 18.2 Å². The Hall–Kier alpha value is -1.55. The summed E-state index contributed by atoms with van der Waals surface area (Å²) in [5, 5.41) is 8.60. The largest absolute Gasteiger partial charge is 0.496 e. The summed E-state index contributed by atoms with van der Waals surface area (Å²) >= 11 is 0. The van der Waals surface area contributed by atoms with Crippen molar-refractivity contribution in [3.8, 4) is 5.75 Å². The Morgan fingerprint density at radius 3 is 2.67 bits per heavy atom. The molecule has 18 heavy (non-hydrogen) atoms. The van der Waals surface area contributed by atoms with Crippen molar-refractivity contribution in [3.05, 3.63) is 29.3 Å². The Balaban J connectivity index is 2.43. The average molecular weight is 251 g/mol. The highest BCUT2D eigenvalue weighted by Crippen LogP contribution is 2.18. The lowest BCUT2D eigenvalue weighted by atomic mass is 10.1. The van der Waals surface area contributed by atoms with Crippen LogP contribution in [0.5, 0.6) is 5.75 Å². The summed E-state index contributed by atoms with van der Waals surface area (Å²) in [5.41, 5.74) is 2.37. The molecule has 0 bridgehead atoms. The molecule has 0 amide bonds. The third kappa shape index (κ3) is 4.75. The fourth-order valence-electron chi connectivity index (χ4n) is 1.81. The molecule has 0 fully saturated rings. The SMILES string of the molecule is COc1ccc(CCN(C)CCC(=O)O)cc1C. The highest BCUT2D eigenvalue weighted by Gasteiger charge is 2.04. The average Bonchev–Trinajstić information content (AvgIpc) is 2.34. The Labute approximate surface area is 108 Å². The van der Waals surface area contributed by atoms with Gasteiger partial charge in [-0.1, -0.05) is 12.1 Å². The van der Waals surface area contributed by atoms with Crippen molar-refractivity contribution in [2.24, 2.45) is 0 Å². The van der Waals surface area contributed by atoms with Gasteiger partial charge >= 0.3 is 5.97 Å². The standard InChI is InChI=1S/C14H21NO3/c1-11-10-12(4-5-13(11)18-3)6-8-15(2)9-7-14(16)17/h4-5,10H,6-9H2,1-3H3,(H,16,17). The molecule has 1 aromatic rings. The van der Waals surface area contributed by atoms with Crippen LogP contribution in [-0.2, 0) is 11.2 Å². The van der Waals surface area contributed by atoms with Crippen LogP contribution in [0.1, 0.15) is 17.5 Å². The maximum atomic E-state index is 10.5. The van der Waals surface area contributed by atoms with Crippen molar-refractivity contribution in [3.63, 3.8) is 0 Å². The van der Waals surface area contributed by atoms with E-state index in [2.05, 4.69) is 12.1 Å². The summed E-state index contributed by atoms with van der Waals surface area (Å²) in [6.45, 7) is 3.47. The molecule has 0 atom stereocenters. The summed E-state index contributed by atoms with van der Waals surface area (Å²) in [6, 6.07) is 6.14. The maximum absolute atomic E-state index is 10.5. The first-order chi connectivity index (χ1) is 8.52. The van der Waals surface area contributed by atoms with Crippen LogP contribution in [0, 0.1) is 6.92 Å². The van der Waals surface area contributed by atoms with Crippen molar-refractivity contribution in [1.29, 1.82) is 0 Å². The van der Waals surface area contributed by atoms with Crippen LogP contribution in [-0.4, -0.2) is 43.2 Å². The van der Waals surface area contributed by atoms with Gasteiger partial charge in [-0.25, -0.2) is 0 Å². The molecular formula is C14H21NO3. The minimum Gasteiger partial charge on any atom is -0.496 e. The molecule has 0 aliphatic heterocycles. The molecule has 0 unspecified atom stereocenters. The molecule has 0 saturated carbocycles. The number of ether oxygens (including phenoxy) is 1. The molecule has 4 nitrogen and oxygen atoms in total. The van der Waals surface area contributed by atoms with Gasteiger partial charge in [0.2, 0.25) is 0 Å². The summed E-state index contributed by atoms with van der Waals surface area (Å²) in [5.74, 6) is 0.153. The zero-order chi connectivity index (χ0) is 13.5. The normalized spacial score (nSPS) is 10.7. The minimum absolute atomic E-state index is 0.193. The van der Waals surface area contributed by atoms with E-state index in [4.69, 9.17) is 9.84 Å². The van der Waals surface area contributed by atoms with Crippen LogP contribution < -0.4 is 4.74 Å². The first-order valence-electron chi connectivity index (χ1n) is 6.06. The number of rotatable bonds is 7. The van der Waals surface area contributed by atoms with Gasteiger partial charge in [0.05, 0.1) is 13.5 Å². The predicted octanol–water partition coefficient (Wildman–Crippen LogP) is 1.95. The van der Waals surface area contributed by atoms with E-state index in [1.807, 2.05) is 24.9 Å². The summed E-state index contributed by atoms with van der Waals surface area (Å²) in [7, 11) is 3.61. The Morgan fingerprint density at radius 1 is 1.39 bits per heavy atom. The third-order valence-corrected chi connectivity index (χ3v) is 2.95. The second-order valence-corrected chi connectivity index (χ2v) is 4.50. The number of carboxylic acids is 1. The fraction of sp³-hybridized carbons (Fsp3) is 0.500. The minimum atomic E-state index is -0.748. The number of nitrogens with zero attached hydrogens (tertiary/aromatic N) is 1. The van der Waals surface area contributed by atoms with E-state index < -0.39 is 5.97 Å². The first kappa shape index (κ1) is 14.5. The number of hydrogen-bond donors (Lipinski definition) is 1. The molecule has 0 aromatic heterocycles. The topological polar surface area (TPSA) is 49.8 Å². The second kappa shape index (κ2) is 7.01. The highest BCUT2D eigenvalue weighted by atomic mass is 16.5. The molecule has 1 N–H and O–H groups in total. The molecule has 0 spiro atoms. The van der Waals surface area contributed by atoms with E-state index in [1.165, 1.54) is 5.56 Å². The van der Waals surface area contributed by atoms with Crippen molar-refractivity contribution >= 4 is 5.97 Å². The van der Waals surface area contributed by atoms with Gasteiger partial charge in [0.15, 0.2) is 0 Å². The van der Waals surface area contributed by atoms with Gasteiger partial charge < -0.3 is 14.7 Å². The first-order valence-corrected chi connectivity index (χ1v) is 6.06. The van der Waals surface area contributed by atoms with E-state index in [9.17, 15) is 4.79 Å². The van der Waals surface area contributed by atoms with Gasteiger partial charge in [0.25, 0.3) is 0 Å². The van der Waals surface area contributed by atoms with E-state index >= 15 is 0 Å². The number of aliphatic carboxylic acids is 1. The molecule has 0 radical (unpaired) electrons. The van der Waals surface area contributed by atoms with Crippen LogP contribution in [0.25, 0.3) is 0 Å². The van der Waals surface area contributed by atoms with Crippen molar-refractivity contribution in [2.75, 3.05) is 27.2 Å². The lowest BCUT2D eigenvalue weighted by molar-refractivity contribution is -0.137. The molecular weight excluding hydrogens is 230 g/mol. The second-order valence-electron chi connectivity index (χ2n) is 4.50. The molecule has 1 rings (SSSR count). The van der Waals surface area contributed by atoms with Gasteiger partial charge in [-0.2, -0.15) is 0 Å². The lowest BCUT2D eigenvalue weighted by Crippen LogP contribution is -2.24. The monoisotopic (exact) mass is 251 g/mol. The number of benzene rings is 1. The van der Waals surface area contributed by atoms with E-state index in [1.54, 1.807) is 7.11 Å². The Kier molecular flexibility index (Phi) is 5.65. The smallest absolute Gasteiger partial charge is 0.304 e. The van der Waals surface area contributed by atoms with Crippen LogP contribution in [0.2, 0.25) is 0 Å². The quantitative estimate of drug-likeness (QED) is 0.804. The van der Waals surface area contributed by atoms with Gasteiger partial charge in [-0.05, 0) is 37.6 Å². The summed E-state index contributed by atoms with van der Waals surface area (Å²) in [6.07, 6.45) is 1.11. The number of likely N-dealkylation sites (N-methyl/N-ethyl adjacent to an activating group) is 1. The summed E-state index contributed by atoms with van der Waals surface area (Å²) < 4.78 is 5.21. The zero-order valence-electron chi connectivity index (χ0n) is 11.3. The molecule has 1 aromatic carbocycles. The summed E-state index contributed by atoms with van der Waals surface area (Å²) in [4.78, 5) is 12.5. The van der Waals surface area contributed by atoms with Gasteiger partial charge in [-0.15, -0.1) is 0 Å². The van der Waals surface area contributed by atoms with Gasteiger partial charge in [-0.3, -0.25) is 4.79 Å². The molecule has 4 heteroatoms. The third-order valence-electron chi connectivity index (χ3n) is 2.95. The van der Waals surface area contributed by atoms with Crippen LogP contribution in [0.3, 0.4) is 0 Å². The molecule has 0 aliphatic carbocycles. The number of hydrogen-bond acceptors (Lipinski definition) is 3. The highest BCUT2D eigenvalue weighted by molar-refractivity contribution is 5.66. The van der Waals surface area contributed by atoms with Crippen molar-refractivity contribution in [1.82, 2.24) is 4.90 Å². The van der Waals surface area contributed by atoms with Crippen LogP contribution >= 0.6 is 0 Å². The predicted molar refractivity (Wildman–Crippen MR) is 71.2 cm³/mol. The Bertz CT molecular complexity index is 404. The zero-order valence-corrected chi connectivity index (χ0v) is 11.3. The number of carboxylic acid groups (broad SMARTS) is 1. The van der Waals surface area contributed by atoms with Crippen molar-refractivity contribution in [2.45, 2.75) is 19.8 Å². The Morgan fingerprint density at radius 2 is 2.11 bits per heavy atom. The number of aryl methyl sites for hydroxylation is 1. The molecule has 0 heterocycles. The lowest BCUT2D eigenvalue weighted by Gasteiger charge is -2.15. The number of carbonyl (C=O) groups is 1. The van der Waals surface area contributed by atoms with Gasteiger partial charge in [0, 0.05) is 13.1 Å². The maximum Gasteiger partial charge on any atom is 0.304 e. The number of methoxy groups -OCH3 is 1. The van der Waals surface area contributed by atoms with E-state index in [0.29, 0.717) is 6.54 Å². The fourth-order valence-corrected chi connectivity index (χ4v) is 1.81. The van der Waals surface area contributed by atoms with E-state index in [0.717, 1.165) is 24.3 Å². The molecule has 0 aliphatic rings. The van der Waals surface area contributed by atoms with Gasteiger partial charge in [0.1, 0.15) is 5.75 Å².